The van der Waals surface area contributed by atoms with E-state index in [1.54, 1.807) is 4.90 Å². The van der Waals surface area contributed by atoms with Crippen LogP contribution in [0.25, 0.3) is 0 Å². The summed E-state index contributed by atoms with van der Waals surface area (Å²) in [5.74, 6) is -0.834. The molecular formula is C11H11BrN2O2. The smallest absolute Gasteiger partial charge is 0.227 e. The van der Waals surface area contributed by atoms with E-state index in [1.807, 2.05) is 24.3 Å². The van der Waals surface area contributed by atoms with Crippen molar-refractivity contribution in [3.05, 3.63) is 28.7 Å². The van der Waals surface area contributed by atoms with Gasteiger partial charge in [0.2, 0.25) is 11.8 Å². The summed E-state index contributed by atoms with van der Waals surface area (Å²) in [5, 5.41) is 0. The van der Waals surface area contributed by atoms with Gasteiger partial charge >= 0.3 is 0 Å². The van der Waals surface area contributed by atoms with Crippen molar-refractivity contribution in [2.24, 2.45) is 11.7 Å². The van der Waals surface area contributed by atoms with Crippen molar-refractivity contribution in [2.45, 2.75) is 6.42 Å². The lowest BCUT2D eigenvalue weighted by Crippen LogP contribution is -2.28. The first-order valence-electron chi connectivity index (χ1n) is 4.93. The van der Waals surface area contributed by atoms with Gasteiger partial charge < -0.3 is 10.6 Å². The van der Waals surface area contributed by atoms with Gasteiger partial charge in [0, 0.05) is 23.1 Å². The Hall–Kier alpha value is -1.36. The lowest BCUT2D eigenvalue weighted by atomic mass is 10.1. The molecule has 1 atom stereocenters. The van der Waals surface area contributed by atoms with E-state index in [4.69, 9.17) is 5.73 Å². The minimum absolute atomic E-state index is 0.0538. The van der Waals surface area contributed by atoms with Gasteiger partial charge in [-0.2, -0.15) is 0 Å². The van der Waals surface area contributed by atoms with E-state index in [1.165, 1.54) is 0 Å². The highest BCUT2D eigenvalue weighted by Gasteiger charge is 2.33. The molecule has 1 fully saturated rings. The van der Waals surface area contributed by atoms with Gasteiger partial charge in [0.05, 0.1) is 5.92 Å². The molecule has 1 aliphatic rings. The molecule has 16 heavy (non-hydrogen) atoms. The number of nitrogens with zero attached hydrogens (tertiary/aromatic N) is 1. The number of primary amides is 1. The molecule has 4 nitrogen and oxygen atoms in total. The van der Waals surface area contributed by atoms with Gasteiger partial charge in [-0.3, -0.25) is 9.59 Å². The maximum atomic E-state index is 11.7. The number of carbonyl (C=O) groups is 2. The predicted molar refractivity (Wildman–Crippen MR) is 63.8 cm³/mol. The molecule has 0 aliphatic carbocycles. The Morgan fingerprint density at radius 3 is 2.81 bits per heavy atom. The van der Waals surface area contributed by atoms with Crippen LogP contribution in [0.3, 0.4) is 0 Å². The molecule has 5 heteroatoms. The van der Waals surface area contributed by atoms with Crippen LogP contribution in [0.15, 0.2) is 28.7 Å². The standard InChI is InChI=1S/C11H11BrN2O2/c12-8-2-1-3-9(5-8)14-6-7(11(13)16)4-10(14)15/h1-3,5,7H,4,6H2,(H2,13,16). The van der Waals surface area contributed by atoms with E-state index in [9.17, 15) is 9.59 Å². The van der Waals surface area contributed by atoms with E-state index < -0.39 is 5.91 Å². The normalized spacial score (nSPS) is 20.2. The summed E-state index contributed by atoms with van der Waals surface area (Å²) in [5.41, 5.74) is 6.00. The molecular weight excluding hydrogens is 272 g/mol. The van der Waals surface area contributed by atoms with Gasteiger partial charge in [-0.05, 0) is 18.2 Å². The van der Waals surface area contributed by atoms with E-state index in [0.717, 1.165) is 10.2 Å². The zero-order chi connectivity index (χ0) is 11.7. The first-order chi connectivity index (χ1) is 7.58. The SMILES string of the molecule is NC(=O)C1CC(=O)N(c2cccc(Br)c2)C1. The quantitative estimate of drug-likeness (QED) is 0.888. The van der Waals surface area contributed by atoms with Gasteiger partial charge in [0.25, 0.3) is 0 Å². The van der Waals surface area contributed by atoms with Gasteiger partial charge in [-0.15, -0.1) is 0 Å². The van der Waals surface area contributed by atoms with Gasteiger partial charge in [-0.1, -0.05) is 22.0 Å². The first-order valence-corrected chi connectivity index (χ1v) is 5.72. The summed E-state index contributed by atoms with van der Waals surface area (Å²) in [6.07, 6.45) is 0.210. The third-order valence-electron chi connectivity index (χ3n) is 2.65. The molecule has 1 unspecified atom stereocenters. The third-order valence-corrected chi connectivity index (χ3v) is 3.14. The number of benzene rings is 1. The molecule has 0 saturated carbocycles. The van der Waals surface area contributed by atoms with E-state index in [-0.39, 0.29) is 18.2 Å². The minimum atomic E-state index is -0.411. The van der Waals surface area contributed by atoms with E-state index in [2.05, 4.69) is 15.9 Å². The monoisotopic (exact) mass is 282 g/mol. The fraction of sp³-hybridized carbons (Fsp3) is 0.273. The Bertz CT molecular complexity index is 447. The Balaban J connectivity index is 2.23. The molecule has 1 saturated heterocycles. The van der Waals surface area contributed by atoms with Gasteiger partial charge in [0.1, 0.15) is 0 Å². The van der Waals surface area contributed by atoms with Crippen LogP contribution in [-0.2, 0) is 9.59 Å². The number of nitrogens with two attached hydrogens (primary N) is 1. The van der Waals surface area contributed by atoms with Crippen molar-refractivity contribution < 1.29 is 9.59 Å². The van der Waals surface area contributed by atoms with Crippen molar-refractivity contribution in [1.82, 2.24) is 0 Å². The molecule has 84 valence electrons. The van der Waals surface area contributed by atoms with Crippen molar-refractivity contribution in [2.75, 3.05) is 11.4 Å². The second-order valence-corrected chi connectivity index (χ2v) is 4.70. The Morgan fingerprint density at radius 2 is 2.25 bits per heavy atom. The maximum absolute atomic E-state index is 11.7. The van der Waals surface area contributed by atoms with Crippen molar-refractivity contribution in [1.29, 1.82) is 0 Å². The first kappa shape index (κ1) is 11.1. The highest BCUT2D eigenvalue weighted by molar-refractivity contribution is 9.10. The molecule has 0 radical (unpaired) electrons. The van der Waals surface area contributed by atoms with Crippen LogP contribution in [0.4, 0.5) is 5.69 Å². The summed E-state index contributed by atoms with van der Waals surface area (Å²) in [7, 11) is 0. The van der Waals surface area contributed by atoms with Crippen molar-refractivity contribution >= 4 is 33.4 Å². The van der Waals surface area contributed by atoms with E-state index in [0.29, 0.717) is 6.54 Å². The topological polar surface area (TPSA) is 63.4 Å². The highest BCUT2D eigenvalue weighted by Crippen LogP contribution is 2.26. The molecule has 0 aromatic heterocycles. The average molecular weight is 283 g/mol. The highest BCUT2D eigenvalue weighted by atomic mass is 79.9. The minimum Gasteiger partial charge on any atom is -0.369 e. The van der Waals surface area contributed by atoms with Crippen LogP contribution < -0.4 is 10.6 Å². The van der Waals surface area contributed by atoms with Crippen LogP contribution in [0.5, 0.6) is 0 Å². The lowest BCUT2D eigenvalue weighted by molar-refractivity contribution is -0.123. The van der Waals surface area contributed by atoms with Crippen molar-refractivity contribution in [3.63, 3.8) is 0 Å². The average Bonchev–Trinajstić information content (AvgIpc) is 2.60. The van der Waals surface area contributed by atoms with Gasteiger partial charge in [-0.25, -0.2) is 0 Å². The fourth-order valence-corrected chi connectivity index (χ4v) is 2.18. The summed E-state index contributed by atoms with van der Waals surface area (Å²) < 4.78 is 0.903. The largest absolute Gasteiger partial charge is 0.369 e. The van der Waals surface area contributed by atoms with Crippen LogP contribution in [0.2, 0.25) is 0 Å². The molecule has 2 amide bonds. The molecule has 2 rings (SSSR count). The fourth-order valence-electron chi connectivity index (χ4n) is 1.79. The van der Waals surface area contributed by atoms with Crippen LogP contribution >= 0.6 is 15.9 Å². The van der Waals surface area contributed by atoms with Crippen LogP contribution in [0.1, 0.15) is 6.42 Å². The van der Waals surface area contributed by atoms with Crippen LogP contribution in [-0.4, -0.2) is 18.4 Å². The van der Waals surface area contributed by atoms with Gasteiger partial charge in [0.15, 0.2) is 0 Å². The number of hydrogen-bond donors (Lipinski definition) is 1. The Morgan fingerprint density at radius 1 is 1.50 bits per heavy atom. The number of amides is 2. The maximum Gasteiger partial charge on any atom is 0.227 e. The molecule has 0 bridgehead atoms. The molecule has 2 N–H and O–H groups in total. The summed E-state index contributed by atoms with van der Waals surface area (Å²) in [6, 6.07) is 7.42. The summed E-state index contributed by atoms with van der Waals surface area (Å²) in [6.45, 7) is 0.380. The molecule has 1 aliphatic heterocycles. The van der Waals surface area contributed by atoms with Crippen LogP contribution in [0, 0.1) is 5.92 Å². The van der Waals surface area contributed by atoms with E-state index >= 15 is 0 Å². The second-order valence-electron chi connectivity index (χ2n) is 3.79. The zero-order valence-electron chi connectivity index (χ0n) is 8.52. The molecule has 1 aromatic carbocycles. The second kappa shape index (κ2) is 4.25. The molecule has 0 spiro atoms. The Kier molecular flexibility index (Phi) is 2.96. The number of rotatable bonds is 2. The zero-order valence-corrected chi connectivity index (χ0v) is 10.1. The number of anilines is 1. The Labute approximate surface area is 102 Å². The summed E-state index contributed by atoms with van der Waals surface area (Å²) in [4.78, 5) is 24.3. The number of hydrogen-bond acceptors (Lipinski definition) is 2. The number of halogens is 1. The summed E-state index contributed by atoms with van der Waals surface area (Å²) >= 11 is 3.34. The molecule has 1 aromatic rings. The molecule has 1 heterocycles. The van der Waals surface area contributed by atoms with Crippen molar-refractivity contribution in [3.8, 4) is 0 Å². The number of carbonyl (C=O) groups excluding carboxylic acids is 2. The predicted octanol–water partition coefficient (Wildman–Crippen LogP) is 1.29. The third kappa shape index (κ3) is 2.09. The lowest BCUT2D eigenvalue weighted by Gasteiger charge is -2.16.